The van der Waals surface area contributed by atoms with Crippen LogP contribution in [0.15, 0.2) is 71.9 Å². The van der Waals surface area contributed by atoms with Gasteiger partial charge in [0.2, 0.25) is 0 Å². The number of nitrogens with zero attached hydrogens (tertiary/aromatic N) is 3. The molecule has 2 heterocycles. The Morgan fingerprint density at radius 3 is 2.49 bits per heavy atom. The summed E-state index contributed by atoms with van der Waals surface area (Å²) in [4.78, 5) is 34.8. The Morgan fingerprint density at radius 1 is 1.11 bits per heavy atom. The lowest BCUT2D eigenvalue weighted by atomic mass is 10.0. The molecule has 254 valence electrons. The molecule has 1 aliphatic rings. The third-order valence-electron chi connectivity index (χ3n) is 8.36. The molecule has 0 bridgehead atoms. The number of pyridine rings is 1. The van der Waals surface area contributed by atoms with Gasteiger partial charge < -0.3 is 24.4 Å². The molecule has 0 spiro atoms. The molecule has 11 nitrogen and oxygen atoms in total. The minimum absolute atomic E-state index is 0.0992. The van der Waals surface area contributed by atoms with Crippen molar-refractivity contribution in [3.8, 4) is 5.75 Å². The lowest BCUT2D eigenvalue weighted by Crippen LogP contribution is -2.48. The van der Waals surface area contributed by atoms with E-state index in [1.807, 2.05) is 20.8 Å². The van der Waals surface area contributed by atoms with Gasteiger partial charge in [-0.05, 0) is 82.5 Å². The predicted molar refractivity (Wildman–Crippen MR) is 180 cm³/mol. The van der Waals surface area contributed by atoms with E-state index in [0.717, 1.165) is 18.4 Å². The van der Waals surface area contributed by atoms with Gasteiger partial charge in [0.15, 0.2) is 0 Å². The number of aliphatic hydroxyl groups excluding tert-OH is 1. The SMILES string of the molecule is Cc1ccc(S(=O)(=O)Nc2ccc3c(c2)C(=O)N([C@@H](C)CO)C[C@H](C)[C@@H](CN(C)C(=O)c2ccncc2)OCCCC[C@@H](C)O3)cc1. The van der Waals surface area contributed by atoms with Gasteiger partial charge in [-0.15, -0.1) is 0 Å². The quantitative estimate of drug-likeness (QED) is 0.351. The van der Waals surface area contributed by atoms with Gasteiger partial charge in [-0.25, -0.2) is 8.42 Å². The first-order valence-electron chi connectivity index (χ1n) is 16.0. The Balaban J connectivity index is 1.66. The fourth-order valence-electron chi connectivity index (χ4n) is 5.45. The number of carbonyl (C=O) groups excluding carboxylic acids is 2. The van der Waals surface area contributed by atoms with Crippen LogP contribution in [0.3, 0.4) is 0 Å². The van der Waals surface area contributed by atoms with E-state index < -0.39 is 28.1 Å². The minimum atomic E-state index is -3.93. The second-order valence-corrected chi connectivity index (χ2v) is 14.0. The van der Waals surface area contributed by atoms with Crippen molar-refractivity contribution in [1.29, 1.82) is 0 Å². The monoisotopic (exact) mass is 666 g/mol. The summed E-state index contributed by atoms with van der Waals surface area (Å²) in [6.07, 6.45) is 4.81. The van der Waals surface area contributed by atoms with Crippen LogP contribution < -0.4 is 9.46 Å². The second-order valence-electron chi connectivity index (χ2n) is 12.4. The topological polar surface area (TPSA) is 138 Å². The van der Waals surface area contributed by atoms with E-state index in [0.29, 0.717) is 30.9 Å². The van der Waals surface area contributed by atoms with Gasteiger partial charge in [0.1, 0.15) is 5.75 Å². The van der Waals surface area contributed by atoms with Crippen molar-refractivity contribution in [3.05, 3.63) is 83.7 Å². The van der Waals surface area contributed by atoms with Crippen LogP contribution in [0.4, 0.5) is 5.69 Å². The van der Waals surface area contributed by atoms with Crippen LogP contribution in [0.2, 0.25) is 0 Å². The molecule has 12 heteroatoms. The first kappa shape index (κ1) is 35.8. The highest BCUT2D eigenvalue weighted by atomic mass is 32.2. The molecule has 2 amide bonds. The van der Waals surface area contributed by atoms with Crippen molar-refractivity contribution in [1.82, 2.24) is 14.8 Å². The Hall–Kier alpha value is -4.00. The summed E-state index contributed by atoms with van der Waals surface area (Å²) in [6.45, 7) is 8.18. The highest BCUT2D eigenvalue weighted by molar-refractivity contribution is 7.92. The van der Waals surface area contributed by atoms with E-state index in [1.165, 1.54) is 18.2 Å². The molecule has 0 saturated carbocycles. The molecule has 0 fully saturated rings. The number of carbonyl (C=O) groups is 2. The summed E-state index contributed by atoms with van der Waals surface area (Å²) in [7, 11) is -2.21. The molecule has 0 saturated heterocycles. The molecule has 47 heavy (non-hydrogen) atoms. The first-order chi connectivity index (χ1) is 22.4. The number of hydrogen-bond acceptors (Lipinski definition) is 8. The van der Waals surface area contributed by atoms with Gasteiger partial charge in [0.05, 0.1) is 35.3 Å². The number of likely N-dealkylation sites (N-methyl/N-ethyl adjacent to an activating group) is 1. The molecule has 2 aromatic carbocycles. The molecule has 0 unspecified atom stereocenters. The predicted octanol–water partition coefficient (Wildman–Crippen LogP) is 4.76. The lowest BCUT2D eigenvalue weighted by molar-refractivity contribution is -0.0149. The number of hydrogen-bond donors (Lipinski definition) is 2. The van der Waals surface area contributed by atoms with E-state index in [-0.39, 0.29) is 47.2 Å². The number of aromatic nitrogens is 1. The fraction of sp³-hybridized carbons (Fsp3) is 0.457. The second kappa shape index (κ2) is 16.2. The van der Waals surface area contributed by atoms with E-state index in [2.05, 4.69) is 9.71 Å². The highest BCUT2D eigenvalue weighted by Gasteiger charge is 2.31. The average molecular weight is 667 g/mol. The van der Waals surface area contributed by atoms with E-state index in [4.69, 9.17) is 9.47 Å². The van der Waals surface area contributed by atoms with Gasteiger partial charge in [0, 0.05) is 56.3 Å². The van der Waals surface area contributed by atoms with Gasteiger partial charge in [-0.2, -0.15) is 0 Å². The number of aryl methyl sites for hydroxylation is 1. The normalized spacial score (nSPS) is 20.3. The maximum Gasteiger partial charge on any atom is 0.261 e. The van der Waals surface area contributed by atoms with Crippen molar-refractivity contribution in [3.63, 3.8) is 0 Å². The van der Waals surface area contributed by atoms with Crippen LogP contribution >= 0.6 is 0 Å². The zero-order valence-corrected chi connectivity index (χ0v) is 28.6. The van der Waals surface area contributed by atoms with Crippen LogP contribution in [0.25, 0.3) is 0 Å². The zero-order chi connectivity index (χ0) is 34.1. The molecule has 0 aliphatic carbocycles. The number of ether oxygens (including phenoxy) is 2. The number of aliphatic hydroxyl groups is 1. The lowest BCUT2D eigenvalue weighted by Gasteiger charge is -2.36. The molecule has 4 atom stereocenters. The molecule has 2 N–H and O–H groups in total. The van der Waals surface area contributed by atoms with Crippen molar-refractivity contribution in [2.45, 2.75) is 70.1 Å². The Labute approximate surface area is 278 Å². The van der Waals surface area contributed by atoms with E-state index >= 15 is 0 Å². The van der Waals surface area contributed by atoms with Crippen molar-refractivity contribution in [2.75, 3.05) is 38.1 Å². The van der Waals surface area contributed by atoms with Crippen LogP contribution in [0.1, 0.15) is 66.3 Å². The maximum absolute atomic E-state index is 14.4. The molecule has 3 aromatic rings. The van der Waals surface area contributed by atoms with Gasteiger partial charge in [-0.3, -0.25) is 19.3 Å². The standard InChI is InChI=1S/C35H46N4O7S/c1-24-9-12-30(13-10-24)47(43,44)37-29-11-14-32-31(20-29)35(42)39(26(3)23-40)21-25(2)33(45-19-7-6-8-27(4)46-32)22-38(5)34(41)28-15-17-36-18-16-28/h9-18,20,25-27,33,37,40H,6-8,19,21-23H2,1-5H3/t25-,26-,27+,33+/m0/s1. The Kier molecular flexibility index (Phi) is 12.4. The number of fused-ring (bicyclic) bond motifs is 1. The summed E-state index contributed by atoms with van der Waals surface area (Å²) < 4.78 is 41.6. The number of rotatable bonds is 8. The van der Waals surface area contributed by atoms with Gasteiger partial charge in [0.25, 0.3) is 21.8 Å². The summed E-state index contributed by atoms with van der Waals surface area (Å²) in [6, 6.07) is 13.9. The van der Waals surface area contributed by atoms with Crippen molar-refractivity contribution >= 4 is 27.5 Å². The smallest absolute Gasteiger partial charge is 0.261 e. The van der Waals surface area contributed by atoms with Crippen molar-refractivity contribution in [2.24, 2.45) is 5.92 Å². The van der Waals surface area contributed by atoms with Crippen LogP contribution in [-0.2, 0) is 14.8 Å². The zero-order valence-electron chi connectivity index (χ0n) is 27.8. The largest absolute Gasteiger partial charge is 0.490 e. The minimum Gasteiger partial charge on any atom is -0.490 e. The summed E-state index contributed by atoms with van der Waals surface area (Å²) in [5.41, 5.74) is 1.82. The Morgan fingerprint density at radius 2 is 1.81 bits per heavy atom. The average Bonchev–Trinajstić information content (AvgIpc) is 3.06. The van der Waals surface area contributed by atoms with E-state index in [1.54, 1.807) is 72.6 Å². The summed E-state index contributed by atoms with van der Waals surface area (Å²) >= 11 is 0. The number of benzene rings is 2. The number of nitrogens with one attached hydrogen (secondary N) is 1. The highest BCUT2D eigenvalue weighted by Crippen LogP contribution is 2.29. The number of amides is 2. The first-order valence-corrected chi connectivity index (χ1v) is 17.5. The van der Waals surface area contributed by atoms with Crippen LogP contribution in [-0.4, -0.2) is 91.7 Å². The molecule has 1 aromatic heterocycles. The summed E-state index contributed by atoms with van der Waals surface area (Å²) in [5.74, 6) is -0.500. The van der Waals surface area contributed by atoms with Crippen LogP contribution in [0.5, 0.6) is 5.75 Å². The third-order valence-corrected chi connectivity index (χ3v) is 9.76. The van der Waals surface area contributed by atoms with Crippen LogP contribution in [0, 0.1) is 12.8 Å². The molecular formula is C35H46N4O7S. The van der Waals surface area contributed by atoms with Crippen molar-refractivity contribution < 1.29 is 32.6 Å². The third kappa shape index (κ3) is 9.52. The fourth-order valence-corrected chi connectivity index (χ4v) is 6.50. The maximum atomic E-state index is 14.4. The van der Waals surface area contributed by atoms with Gasteiger partial charge >= 0.3 is 0 Å². The number of anilines is 1. The van der Waals surface area contributed by atoms with E-state index in [9.17, 15) is 23.1 Å². The number of sulfonamides is 1. The van der Waals surface area contributed by atoms with Gasteiger partial charge in [-0.1, -0.05) is 24.6 Å². The summed E-state index contributed by atoms with van der Waals surface area (Å²) in [5, 5.41) is 10.2. The molecule has 1 aliphatic heterocycles. The molecule has 0 radical (unpaired) electrons. The molecule has 4 rings (SSSR count). The molecular weight excluding hydrogens is 620 g/mol. The Bertz CT molecular complexity index is 1600.